The van der Waals surface area contributed by atoms with E-state index in [4.69, 9.17) is 4.74 Å². The Kier molecular flexibility index (Phi) is 5.08. The highest BCUT2D eigenvalue weighted by Gasteiger charge is 1.96. The Morgan fingerprint density at radius 3 is 2.69 bits per heavy atom. The molecule has 0 amide bonds. The lowest BCUT2D eigenvalue weighted by Crippen LogP contribution is -2.03. The number of ether oxygens (including phenoxy) is 1. The Morgan fingerprint density at radius 2 is 2.08 bits per heavy atom. The molecule has 13 heavy (non-hydrogen) atoms. The Bertz CT molecular complexity index is 256. The van der Waals surface area contributed by atoms with Gasteiger partial charge in [0.05, 0.1) is 12.7 Å². The van der Waals surface area contributed by atoms with Crippen molar-refractivity contribution in [2.24, 2.45) is 0 Å². The smallest absolute Gasteiger partial charge is 0.0739 e. The van der Waals surface area contributed by atoms with E-state index >= 15 is 0 Å². The van der Waals surface area contributed by atoms with Gasteiger partial charge in [-0.05, 0) is 16.6 Å². The van der Waals surface area contributed by atoms with Gasteiger partial charge < -0.3 is 4.74 Å². The molecule has 70 valence electrons. The van der Waals surface area contributed by atoms with Crippen molar-refractivity contribution in [3.05, 3.63) is 46.1 Å². The van der Waals surface area contributed by atoms with Gasteiger partial charge in [-0.2, -0.15) is 0 Å². The SMILES string of the molecule is CC(/C=C/I)OCc1ccccc1. The number of hydrogen-bond acceptors (Lipinski definition) is 1. The van der Waals surface area contributed by atoms with Gasteiger partial charge in [0.25, 0.3) is 0 Å². The zero-order chi connectivity index (χ0) is 9.52. The van der Waals surface area contributed by atoms with Crippen LogP contribution in [0.4, 0.5) is 0 Å². The largest absolute Gasteiger partial charge is 0.370 e. The van der Waals surface area contributed by atoms with E-state index < -0.39 is 0 Å². The first-order chi connectivity index (χ1) is 6.33. The molecule has 1 nitrogen and oxygen atoms in total. The summed E-state index contributed by atoms with van der Waals surface area (Å²) >= 11 is 2.20. The third kappa shape index (κ3) is 4.43. The van der Waals surface area contributed by atoms with Crippen molar-refractivity contribution in [2.45, 2.75) is 19.6 Å². The van der Waals surface area contributed by atoms with Crippen LogP contribution in [0.5, 0.6) is 0 Å². The predicted molar refractivity (Wildman–Crippen MR) is 63.9 cm³/mol. The third-order valence-corrected chi connectivity index (χ3v) is 2.11. The summed E-state index contributed by atoms with van der Waals surface area (Å²) in [4.78, 5) is 0. The lowest BCUT2D eigenvalue weighted by Gasteiger charge is -2.07. The summed E-state index contributed by atoms with van der Waals surface area (Å²) in [7, 11) is 0. The highest BCUT2D eigenvalue weighted by Crippen LogP contribution is 2.04. The first kappa shape index (κ1) is 10.7. The Balaban J connectivity index is 2.35. The maximum Gasteiger partial charge on any atom is 0.0739 e. The number of rotatable bonds is 4. The summed E-state index contributed by atoms with van der Waals surface area (Å²) in [5.74, 6) is 0. The lowest BCUT2D eigenvalue weighted by atomic mass is 10.2. The van der Waals surface area contributed by atoms with Crippen LogP contribution in [0.1, 0.15) is 12.5 Å². The van der Waals surface area contributed by atoms with Gasteiger partial charge in [0.15, 0.2) is 0 Å². The monoisotopic (exact) mass is 288 g/mol. The summed E-state index contributed by atoms with van der Waals surface area (Å²) in [5.41, 5.74) is 1.22. The summed E-state index contributed by atoms with van der Waals surface area (Å²) in [6, 6.07) is 10.2. The fraction of sp³-hybridized carbons (Fsp3) is 0.273. The molecule has 1 rings (SSSR count). The first-order valence-corrected chi connectivity index (χ1v) is 5.50. The van der Waals surface area contributed by atoms with Crippen molar-refractivity contribution < 1.29 is 4.74 Å². The average molecular weight is 288 g/mol. The van der Waals surface area contributed by atoms with Gasteiger partial charge in [0, 0.05) is 0 Å². The fourth-order valence-electron chi connectivity index (χ4n) is 0.960. The Morgan fingerprint density at radius 1 is 1.38 bits per heavy atom. The van der Waals surface area contributed by atoms with Crippen molar-refractivity contribution in [3.63, 3.8) is 0 Å². The zero-order valence-corrected chi connectivity index (χ0v) is 9.77. The Labute approximate surface area is 92.9 Å². The van der Waals surface area contributed by atoms with Crippen LogP contribution in [0, 0.1) is 0 Å². The molecule has 0 spiro atoms. The molecule has 0 bridgehead atoms. The highest BCUT2D eigenvalue weighted by molar-refractivity contribution is 14.1. The second kappa shape index (κ2) is 6.16. The molecule has 0 heterocycles. The van der Waals surface area contributed by atoms with Crippen molar-refractivity contribution >= 4 is 22.6 Å². The van der Waals surface area contributed by atoms with Crippen LogP contribution in [-0.4, -0.2) is 6.10 Å². The van der Waals surface area contributed by atoms with E-state index in [1.807, 2.05) is 35.3 Å². The van der Waals surface area contributed by atoms with Gasteiger partial charge in [0.2, 0.25) is 0 Å². The minimum absolute atomic E-state index is 0.192. The number of hydrogen-bond donors (Lipinski definition) is 0. The van der Waals surface area contributed by atoms with E-state index in [1.165, 1.54) is 5.56 Å². The second-order valence-electron chi connectivity index (χ2n) is 2.82. The minimum Gasteiger partial charge on any atom is -0.370 e. The molecule has 0 saturated heterocycles. The first-order valence-electron chi connectivity index (χ1n) is 4.25. The van der Waals surface area contributed by atoms with Crippen LogP contribution in [0.3, 0.4) is 0 Å². The number of benzene rings is 1. The molecule has 2 heteroatoms. The summed E-state index contributed by atoms with van der Waals surface area (Å²) in [6.45, 7) is 2.72. The Hall–Kier alpha value is -0.350. The van der Waals surface area contributed by atoms with E-state index in [2.05, 4.69) is 34.7 Å². The van der Waals surface area contributed by atoms with Crippen LogP contribution >= 0.6 is 22.6 Å². The molecule has 0 N–H and O–H groups in total. The molecular formula is C11H13IO. The van der Waals surface area contributed by atoms with Crippen LogP contribution < -0.4 is 0 Å². The predicted octanol–water partition coefficient (Wildman–Crippen LogP) is 3.54. The van der Waals surface area contributed by atoms with Gasteiger partial charge in [0.1, 0.15) is 0 Å². The lowest BCUT2D eigenvalue weighted by molar-refractivity contribution is 0.0842. The van der Waals surface area contributed by atoms with Crippen molar-refractivity contribution in [1.29, 1.82) is 0 Å². The molecule has 1 unspecified atom stereocenters. The molecule has 1 aromatic carbocycles. The van der Waals surface area contributed by atoms with Crippen molar-refractivity contribution in [3.8, 4) is 0 Å². The second-order valence-corrected chi connectivity index (χ2v) is 3.54. The van der Waals surface area contributed by atoms with Crippen LogP contribution in [0.2, 0.25) is 0 Å². The van der Waals surface area contributed by atoms with Crippen LogP contribution in [0.15, 0.2) is 40.5 Å². The molecular weight excluding hydrogens is 275 g/mol. The minimum atomic E-state index is 0.192. The molecule has 0 aliphatic carbocycles. The van der Waals surface area contributed by atoms with Gasteiger partial charge in [-0.15, -0.1) is 0 Å². The van der Waals surface area contributed by atoms with E-state index in [0.29, 0.717) is 6.61 Å². The van der Waals surface area contributed by atoms with E-state index in [9.17, 15) is 0 Å². The van der Waals surface area contributed by atoms with Gasteiger partial charge in [-0.3, -0.25) is 0 Å². The molecule has 0 aliphatic heterocycles. The molecule has 1 aromatic rings. The van der Waals surface area contributed by atoms with Gasteiger partial charge >= 0.3 is 0 Å². The van der Waals surface area contributed by atoms with E-state index in [0.717, 1.165) is 0 Å². The zero-order valence-electron chi connectivity index (χ0n) is 7.61. The molecule has 1 atom stereocenters. The van der Waals surface area contributed by atoms with Crippen LogP contribution in [0.25, 0.3) is 0 Å². The van der Waals surface area contributed by atoms with E-state index in [1.54, 1.807) is 0 Å². The summed E-state index contributed by atoms with van der Waals surface area (Å²) in [6.07, 6.45) is 2.22. The number of halogens is 1. The van der Waals surface area contributed by atoms with Crippen LogP contribution in [-0.2, 0) is 11.3 Å². The molecule has 0 aromatic heterocycles. The molecule has 0 radical (unpaired) electrons. The fourth-order valence-corrected chi connectivity index (χ4v) is 1.54. The molecule has 0 aliphatic rings. The summed E-state index contributed by atoms with van der Waals surface area (Å²) in [5, 5.41) is 0. The highest BCUT2D eigenvalue weighted by atomic mass is 127. The summed E-state index contributed by atoms with van der Waals surface area (Å²) < 4.78 is 7.56. The third-order valence-electron chi connectivity index (χ3n) is 1.70. The normalized spacial score (nSPS) is 13.4. The van der Waals surface area contributed by atoms with Crippen molar-refractivity contribution in [1.82, 2.24) is 0 Å². The molecule has 0 saturated carbocycles. The van der Waals surface area contributed by atoms with E-state index in [-0.39, 0.29) is 6.10 Å². The van der Waals surface area contributed by atoms with Gasteiger partial charge in [-0.25, -0.2) is 0 Å². The maximum atomic E-state index is 5.58. The molecule has 0 fully saturated rings. The maximum absolute atomic E-state index is 5.58. The van der Waals surface area contributed by atoms with Gasteiger partial charge in [-0.1, -0.05) is 59.0 Å². The topological polar surface area (TPSA) is 9.23 Å². The standard InChI is InChI=1S/C11H13IO/c1-10(7-8-12)13-9-11-5-3-2-4-6-11/h2-8,10H,9H2,1H3/b8-7+. The average Bonchev–Trinajstić information content (AvgIpc) is 2.17. The quantitative estimate of drug-likeness (QED) is 0.770. The van der Waals surface area contributed by atoms with Crippen molar-refractivity contribution in [2.75, 3.05) is 0 Å².